The van der Waals surface area contributed by atoms with E-state index in [1.165, 1.54) is 21.9 Å². The highest BCUT2D eigenvalue weighted by Gasteiger charge is 2.18. The Morgan fingerprint density at radius 2 is 1.63 bits per heavy atom. The van der Waals surface area contributed by atoms with Gasteiger partial charge in [0.15, 0.2) is 0 Å². The summed E-state index contributed by atoms with van der Waals surface area (Å²) in [5.41, 5.74) is 5.01. The smallest absolute Gasteiger partial charge is 0.0757 e. The van der Waals surface area contributed by atoms with Crippen molar-refractivity contribution in [1.82, 2.24) is 0 Å². The molecule has 0 radical (unpaired) electrons. The fourth-order valence-corrected chi connectivity index (χ4v) is 2.79. The van der Waals surface area contributed by atoms with E-state index >= 15 is 0 Å². The first-order valence-corrected chi connectivity index (χ1v) is 6.57. The summed E-state index contributed by atoms with van der Waals surface area (Å²) in [5.74, 6) is 0. The monoisotopic (exact) mass is 243 g/mol. The van der Waals surface area contributed by atoms with Gasteiger partial charge in [-0.2, -0.15) is 0 Å². The van der Waals surface area contributed by atoms with Crippen LogP contribution in [0.5, 0.6) is 0 Å². The van der Waals surface area contributed by atoms with Crippen LogP contribution in [0.25, 0.3) is 11.1 Å². The highest BCUT2D eigenvalue weighted by molar-refractivity contribution is 5.89. The molecule has 0 amide bonds. The van der Waals surface area contributed by atoms with Crippen LogP contribution >= 0.6 is 0 Å². The van der Waals surface area contributed by atoms with Crippen LogP contribution in [0.2, 0.25) is 0 Å². The Morgan fingerprint density at radius 3 is 2.53 bits per heavy atom. The molecule has 19 heavy (non-hydrogen) atoms. The molecule has 0 aromatic heterocycles. The van der Waals surface area contributed by atoms with E-state index in [-0.39, 0.29) is 0 Å². The van der Waals surface area contributed by atoms with Gasteiger partial charge in [0.05, 0.1) is 11.1 Å². The highest BCUT2D eigenvalue weighted by atomic mass is 14.8. The Bertz CT molecular complexity index is 823. The zero-order valence-corrected chi connectivity index (χ0v) is 10.5. The number of allylic oxidation sites excluding steroid dienone is 3. The minimum atomic E-state index is 0.959. The molecule has 0 unspecified atom stereocenters. The first-order valence-electron chi connectivity index (χ1n) is 6.57. The van der Waals surface area contributed by atoms with Gasteiger partial charge in [-0.25, -0.2) is 4.99 Å². The minimum Gasteiger partial charge on any atom is -0.247 e. The normalized spacial score (nSPS) is 16.1. The summed E-state index contributed by atoms with van der Waals surface area (Å²) in [7, 11) is 0. The molecular formula is C18H13N. The molecule has 2 aromatic carbocycles. The van der Waals surface area contributed by atoms with Gasteiger partial charge in [-0.05, 0) is 23.6 Å². The molecule has 0 atom stereocenters. The zero-order valence-electron chi connectivity index (χ0n) is 10.5. The molecule has 0 saturated carbocycles. The van der Waals surface area contributed by atoms with E-state index < -0.39 is 0 Å². The second-order valence-electron chi connectivity index (χ2n) is 4.84. The maximum Gasteiger partial charge on any atom is 0.0757 e. The van der Waals surface area contributed by atoms with Crippen molar-refractivity contribution in [3.8, 4) is 0 Å². The van der Waals surface area contributed by atoms with E-state index in [9.17, 15) is 0 Å². The van der Waals surface area contributed by atoms with Gasteiger partial charge in [0, 0.05) is 10.8 Å². The molecule has 0 saturated heterocycles. The lowest BCUT2D eigenvalue weighted by Gasteiger charge is -2.13. The van der Waals surface area contributed by atoms with E-state index in [4.69, 9.17) is 4.99 Å². The third-order valence-corrected chi connectivity index (χ3v) is 3.70. The van der Waals surface area contributed by atoms with Crippen molar-refractivity contribution in [2.24, 2.45) is 4.99 Å². The van der Waals surface area contributed by atoms with Crippen molar-refractivity contribution >= 4 is 11.1 Å². The van der Waals surface area contributed by atoms with Gasteiger partial charge in [0.1, 0.15) is 0 Å². The van der Waals surface area contributed by atoms with Crippen LogP contribution < -0.4 is 10.6 Å². The fourth-order valence-electron chi connectivity index (χ4n) is 2.79. The average molecular weight is 243 g/mol. The first-order chi connectivity index (χ1) is 9.43. The maximum atomic E-state index is 4.82. The Morgan fingerprint density at radius 1 is 0.842 bits per heavy atom. The topological polar surface area (TPSA) is 12.4 Å². The van der Waals surface area contributed by atoms with Crippen molar-refractivity contribution in [2.45, 2.75) is 6.42 Å². The van der Waals surface area contributed by atoms with E-state index in [0.29, 0.717) is 0 Å². The molecule has 90 valence electrons. The summed E-state index contributed by atoms with van der Waals surface area (Å²) < 4.78 is 0. The standard InChI is InChI=1S/C18H13N/c1-2-7-13(8-3-1)14-10-6-11-16-15-9-4-5-12-17(15)19-18(14)16/h1-9,11-12H,10H2. The number of fused-ring (bicyclic) bond motifs is 2. The molecule has 1 heterocycles. The Kier molecular flexibility index (Phi) is 2.25. The van der Waals surface area contributed by atoms with Gasteiger partial charge < -0.3 is 0 Å². The van der Waals surface area contributed by atoms with E-state index in [1.807, 2.05) is 6.07 Å². The minimum absolute atomic E-state index is 0.959. The predicted molar refractivity (Wildman–Crippen MR) is 77.8 cm³/mol. The van der Waals surface area contributed by atoms with E-state index in [0.717, 1.165) is 17.5 Å². The van der Waals surface area contributed by atoms with Crippen molar-refractivity contribution in [3.63, 3.8) is 0 Å². The fraction of sp³-hybridized carbons (Fsp3) is 0.0556. The molecule has 0 spiro atoms. The third kappa shape index (κ3) is 1.59. The van der Waals surface area contributed by atoms with Crippen LogP contribution in [0.3, 0.4) is 0 Å². The van der Waals surface area contributed by atoms with Crippen LogP contribution in [0, 0.1) is 0 Å². The largest absolute Gasteiger partial charge is 0.247 e. The number of nitrogens with zero attached hydrogens (tertiary/aromatic N) is 1. The highest BCUT2D eigenvalue weighted by Crippen LogP contribution is 2.33. The van der Waals surface area contributed by atoms with Crippen molar-refractivity contribution in [1.29, 1.82) is 0 Å². The molecule has 0 fully saturated rings. The van der Waals surface area contributed by atoms with Crippen LogP contribution in [0.1, 0.15) is 12.0 Å². The Labute approximate surface area is 111 Å². The van der Waals surface area contributed by atoms with Crippen LogP contribution in [0.15, 0.2) is 77.4 Å². The molecule has 0 bridgehead atoms. The lowest BCUT2D eigenvalue weighted by atomic mass is 9.92. The van der Waals surface area contributed by atoms with Crippen LogP contribution in [-0.2, 0) is 0 Å². The lowest BCUT2D eigenvalue weighted by molar-refractivity contribution is 1.26. The van der Waals surface area contributed by atoms with Crippen molar-refractivity contribution < 1.29 is 0 Å². The number of hydrogen-bond donors (Lipinski definition) is 0. The molecule has 2 aliphatic rings. The van der Waals surface area contributed by atoms with Gasteiger partial charge in [-0.3, -0.25) is 0 Å². The molecule has 1 aliphatic carbocycles. The van der Waals surface area contributed by atoms with Crippen LogP contribution in [-0.4, -0.2) is 0 Å². The predicted octanol–water partition coefficient (Wildman–Crippen LogP) is 2.84. The molecule has 2 aromatic rings. The van der Waals surface area contributed by atoms with Gasteiger partial charge in [-0.15, -0.1) is 0 Å². The summed E-state index contributed by atoms with van der Waals surface area (Å²) in [5, 5.41) is 2.34. The summed E-state index contributed by atoms with van der Waals surface area (Å²) in [4.78, 5) is 4.82. The molecule has 0 N–H and O–H groups in total. The molecule has 4 rings (SSSR count). The molecule has 1 nitrogen and oxygen atoms in total. The number of hydrogen-bond acceptors (Lipinski definition) is 1. The summed E-state index contributed by atoms with van der Waals surface area (Å²) in [6.45, 7) is 0. The maximum absolute atomic E-state index is 4.82. The van der Waals surface area contributed by atoms with Crippen LogP contribution in [0.4, 0.5) is 0 Å². The first kappa shape index (κ1) is 10.5. The summed E-state index contributed by atoms with van der Waals surface area (Å²) in [6.07, 6.45) is 5.40. The average Bonchev–Trinajstić information content (AvgIpc) is 2.87. The SMILES string of the molecule is C1=CC2=c3ccccc3=NC2=C(c2ccccc2)C1. The van der Waals surface area contributed by atoms with Gasteiger partial charge in [-0.1, -0.05) is 60.7 Å². The third-order valence-electron chi connectivity index (χ3n) is 3.70. The lowest BCUT2D eigenvalue weighted by Crippen LogP contribution is -2.21. The van der Waals surface area contributed by atoms with E-state index in [1.54, 1.807) is 0 Å². The van der Waals surface area contributed by atoms with E-state index in [2.05, 4.69) is 60.7 Å². The van der Waals surface area contributed by atoms with Crippen molar-refractivity contribution in [3.05, 3.63) is 88.6 Å². The zero-order chi connectivity index (χ0) is 12.7. The number of rotatable bonds is 1. The van der Waals surface area contributed by atoms with Gasteiger partial charge in [0.25, 0.3) is 0 Å². The Balaban J connectivity index is 2.04. The molecule has 1 heteroatoms. The Hall–Kier alpha value is -2.41. The van der Waals surface area contributed by atoms with Crippen molar-refractivity contribution in [2.75, 3.05) is 0 Å². The quantitative estimate of drug-likeness (QED) is 0.730. The van der Waals surface area contributed by atoms with Gasteiger partial charge >= 0.3 is 0 Å². The second-order valence-corrected chi connectivity index (χ2v) is 4.84. The number of para-hydroxylation sites is 1. The molecular weight excluding hydrogens is 230 g/mol. The number of benzene rings is 2. The summed E-state index contributed by atoms with van der Waals surface area (Å²) in [6, 6.07) is 18.9. The molecule has 1 aliphatic heterocycles. The van der Waals surface area contributed by atoms with Gasteiger partial charge in [0.2, 0.25) is 0 Å². The second kappa shape index (κ2) is 4.06. The summed E-state index contributed by atoms with van der Waals surface area (Å²) >= 11 is 0.